The van der Waals surface area contributed by atoms with Crippen molar-refractivity contribution in [3.63, 3.8) is 0 Å². The Balaban J connectivity index is 1.65. The molecule has 1 atom stereocenters. The second-order valence-electron chi connectivity index (χ2n) is 6.03. The van der Waals surface area contributed by atoms with Crippen LogP contribution in [0, 0.1) is 17.1 Å². The quantitative estimate of drug-likeness (QED) is 0.857. The van der Waals surface area contributed by atoms with Crippen molar-refractivity contribution in [2.75, 3.05) is 30.3 Å². The third kappa shape index (κ3) is 3.86. The first kappa shape index (κ1) is 17.5. The molecule has 7 heteroatoms. The highest BCUT2D eigenvalue weighted by molar-refractivity contribution is 5.71. The molecule has 2 aromatic rings. The highest BCUT2D eigenvalue weighted by Crippen LogP contribution is 2.28. The molecule has 2 aromatic carbocycles. The lowest BCUT2D eigenvalue weighted by Gasteiger charge is -2.39. The van der Waals surface area contributed by atoms with Gasteiger partial charge in [0, 0.05) is 13.1 Å². The van der Waals surface area contributed by atoms with Crippen molar-refractivity contribution in [3.8, 4) is 6.07 Å². The number of nitrogens with zero attached hydrogens (tertiary/aromatic N) is 3. The monoisotopic (exact) mass is 354 g/mol. The molecule has 1 saturated heterocycles. The molecule has 1 heterocycles. The maximum atomic E-state index is 13.6. The summed E-state index contributed by atoms with van der Waals surface area (Å²) < 4.78 is 18.9. The molecule has 3 rings (SSSR count). The van der Waals surface area contributed by atoms with E-state index in [1.165, 1.54) is 23.1 Å². The molecule has 26 heavy (non-hydrogen) atoms. The van der Waals surface area contributed by atoms with Gasteiger partial charge in [-0.25, -0.2) is 9.18 Å². The van der Waals surface area contributed by atoms with Gasteiger partial charge in [-0.1, -0.05) is 30.3 Å². The Morgan fingerprint density at radius 1 is 1.27 bits per heavy atom. The van der Waals surface area contributed by atoms with Gasteiger partial charge >= 0.3 is 6.09 Å². The van der Waals surface area contributed by atoms with Crippen LogP contribution >= 0.6 is 0 Å². The number of carbonyl (C=O) groups excluding carboxylic acids is 1. The van der Waals surface area contributed by atoms with Crippen molar-refractivity contribution in [1.82, 2.24) is 4.90 Å². The fraction of sp³-hybridized carbons (Fsp3) is 0.263. The van der Waals surface area contributed by atoms with Crippen LogP contribution in [0.5, 0.6) is 0 Å². The molecule has 0 aliphatic carbocycles. The number of nitriles is 1. The first-order valence-electron chi connectivity index (χ1n) is 8.25. The van der Waals surface area contributed by atoms with Crippen LogP contribution in [0.4, 0.5) is 20.6 Å². The summed E-state index contributed by atoms with van der Waals surface area (Å²) in [6.07, 6.45) is -0.471. The van der Waals surface area contributed by atoms with E-state index in [0.29, 0.717) is 24.5 Å². The normalized spacial score (nSPS) is 16.8. The van der Waals surface area contributed by atoms with E-state index in [-0.39, 0.29) is 13.2 Å². The Morgan fingerprint density at radius 2 is 2.04 bits per heavy atom. The maximum absolute atomic E-state index is 13.6. The molecule has 2 N–H and O–H groups in total. The number of halogens is 1. The number of rotatable bonds is 3. The number of carbonyl (C=O) groups is 1. The van der Waals surface area contributed by atoms with Crippen molar-refractivity contribution < 1.29 is 13.9 Å². The average Bonchev–Trinajstić information content (AvgIpc) is 2.68. The predicted octanol–water partition coefficient (Wildman–Crippen LogP) is 2.76. The van der Waals surface area contributed by atoms with Gasteiger partial charge in [-0.3, -0.25) is 0 Å². The summed E-state index contributed by atoms with van der Waals surface area (Å²) in [4.78, 5) is 15.5. The molecule has 134 valence electrons. The second kappa shape index (κ2) is 7.74. The Labute approximate surface area is 151 Å². The zero-order valence-electron chi connectivity index (χ0n) is 14.1. The van der Waals surface area contributed by atoms with E-state index >= 15 is 0 Å². The summed E-state index contributed by atoms with van der Waals surface area (Å²) in [7, 11) is 0. The summed E-state index contributed by atoms with van der Waals surface area (Å²) in [5.74, 6) is -0.421. The molecule has 1 unspecified atom stereocenters. The van der Waals surface area contributed by atoms with Crippen molar-refractivity contribution in [2.45, 2.75) is 12.6 Å². The van der Waals surface area contributed by atoms with Crippen molar-refractivity contribution in [2.24, 2.45) is 0 Å². The number of nitrogen functional groups attached to an aromatic ring is 1. The number of hydrogen-bond acceptors (Lipinski definition) is 5. The number of ether oxygens (including phenoxy) is 1. The molecule has 1 aliphatic rings. The zero-order chi connectivity index (χ0) is 18.5. The lowest BCUT2D eigenvalue weighted by molar-refractivity contribution is 0.0915. The van der Waals surface area contributed by atoms with Gasteiger partial charge in [0.1, 0.15) is 18.5 Å². The highest BCUT2D eigenvalue weighted by atomic mass is 19.1. The maximum Gasteiger partial charge on any atom is 0.410 e. The third-order valence-corrected chi connectivity index (χ3v) is 4.29. The van der Waals surface area contributed by atoms with Crippen LogP contribution < -0.4 is 10.6 Å². The molecule has 0 radical (unpaired) electrons. The van der Waals surface area contributed by atoms with Crippen LogP contribution in [0.15, 0.2) is 48.5 Å². The topological polar surface area (TPSA) is 82.6 Å². The minimum absolute atomic E-state index is 0.167. The number of hydrogen-bond donors (Lipinski definition) is 1. The summed E-state index contributed by atoms with van der Waals surface area (Å²) in [6.45, 7) is 1.07. The van der Waals surface area contributed by atoms with Gasteiger partial charge < -0.3 is 20.3 Å². The number of nitrogens with two attached hydrogens (primary N) is 1. The molecular weight excluding hydrogens is 335 g/mol. The fourth-order valence-electron chi connectivity index (χ4n) is 2.92. The SMILES string of the molecule is N#CC1CN(C(=O)OCc2ccccc2)CCN1c1cc(F)ccc1N. The Hall–Kier alpha value is -3.27. The summed E-state index contributed by atoms with van der Waals surface area (Å²) >= 11 is 0. The van der Waals surface area contributed by atoms with E-state index in [1.807, 2.05) is 30.3 Å². The molecule has 0 bridgehead atoms. The van der Waals surface area contributed by atoms with Gasteiger partial charge in [-0.05, 0) is 23.8 Å². The van der Waals surface area contributed by atoms with Crippen molar-refractivity contribution >= 4 is 17.5 Å². The molecule has 0 saturated carbocycles. The van der Waals surface area contributed by atoms with E-state index in [2.05, 4.69) is 6.07 Å². The lowest BCUT2D eigenvalue weighted by atomic mass is 10.1. The minimum Gasteiger partial charge on any atom is -0.445 e. The molecule has 0 spiro atoms. The van der Waals surface area contributed by atoms with Crippen LogP contribution in [0.3, 0.4) is 0 Å². The molecule has 0 aromatic heterocycles. The number of piperazine rings is 1. The van der Waals surface area contributed by atoms with Crippen LogP contribution in [0.25, 0.3) is 0 Å². The molecule has 6 nitrogen and oxygen atoms in total. The van der Waals surface area contributed by atoms with Gasteiger partial charge in [0.15, 0.2) is 0 Å². The van der Waals surface area contributed by atoms with Crippen LogP contribution in [-0.2, 0) is 11.3 Å². The van der Waals surface area contributed by atoms with Crippen molar-refractivity contribution in [3.05, 3.63) is 59.9 Å². The van der Waals surface area contributed by atoms with E-state index < -0.39 is 18.0 Å². The van der Waals surface area contributed by atoms with Crippen molar-refractivity contribution in [1.29, 1.82) is 5.26 Å². The van der Waals surface area contributed by atoms with Gasteiger partial charge in [0.25, 0.3) is 0 Å². The van der Waals surface area contributed by atoms with E-state index in [0.717, 1.165) is 5.56 Å². The number of amides is 1. The Bertz CT molecular complexity index is 822. The first-order chi connectivity index (χ1) is 12.6. The first-order valence-corrected chi connectivity index (χ1v) is 8.25. The van der Waals surface area contributed by atoms with Gasteiger partial charge in [-0.15, -0.1) is 0 Å². The predicted molar refractivity (Wildman–Crippen MR) is 95.8 cm³/mol. The zero-order valence-corrected chi connectivity index (χ0v) is 14.1. The van der Waals surface area contributed by atoms with E-state index in [4.69, 9.17) is 10.5 Å². The van der Waals surface area contributed by atoms with E-state index in [1.54, 1.807) is 4.90 Å². The molecule has 1 amide bonds. The van der Waals surface area contributed by atoms with Crippen LogP contribution in [0.1, 0.15) is 5.56 Å². The second-order valence-corrected chi connectivity index (χ2v) is 6.03. The summed E-state index contributed by atoms with van der Waals surface area (Å²) in [5.41, 5.74) is 7.67. The fourth-order valence-corrected chi connectivity index (χ4v) is 2.92. The van der Waals surface area contributed by atoms with Crippen LogP contribution in [0.2, 0.25) is 0 Å². The highest BCUT2D eigenvalue weighted by Gasteiger charge is 2.31. The summed E-state index contributed by atoms with van der Waals surface area (Å²) in [5, 5.41) is 9.49. The standard InChI is InChI=1S/C19H19FN4O2/c20-15-6-7-17(22)18(10-15)24-9-8-23(12-16(24)11-21)19(25)26-13-14-4-2-1-3-5-14/h1-7,10,16H,8-9,12-13,22H2. The third-order valence-electron chi connectivity index (χ3n) is 4.29. The molecule has 1 fully saturated rings. The summed E-state index contributed by atoms with van der Waals surface area (Å²) in [6, 6.07) is 15.0. The van der Waals surface area contributed by atoms with Crippen LogP contribution in [-0.4, -0.2) is 36.7 Å². The Kier molecular flexibility index (Phi) is 5.23. The number of anilines is 2. The minimum atomic E-state index is -0.628. The van der Waals surface area contributed by atoms with Gasteiger partial charge in [-0.2, -0.15) is 5.26 Å². The smallest absolute Gasteiger partial charge is 0.410 e. The largest absolute Gasteiger partial charge is 0.445 e. The van der Waals surface area contributed by atoms with E-state index in [9.17, 15) is 14.4 Å². The average molecular weight is 354 g/mol. The number of benzene rings is 2. The Morgan fingerprint density at radius 3 is 2.77 bits per heavy atom. The molecular formula is C19H19FN4O2. The molecule has 1 aliphatic heterocycles. The lowest BCUT2D eigenvalue weighted by Crippen LogP contribution is -2.54. The van der Waals surface area contributed by atoms with Gasteiger partial charge in [0.05, 0.1) is 24.0 Å². The van der Waals surface area contributed by atoms with Gasteiger partial charge in [0.2, 0.25) is 0 Å².